The monoisotopic (exact) mass is 277 g/mol. The van der Waals surface area contributed by atoms with Crippen LogP contribution >= 0.6 is 11.8 Å². The molecule has 1 N–H and O–H groups in total. The molecule has 1 aromatic rings. The number of nitrogens with one attached hydrogen (secondary N) is 1. The average molecular weight is 277 g/mol. The van der Waals surface area contributed by atoms with Crippen molar-refractivity contribution in [2.24, 2.45) is 0 Å². The van der Waals surface area contributed by atoms with E-state index in [1.54, 1.807) is 5.56 Å². The third kappa shape index (κ3) is 4.25. The van der Waals surface area contributed by atoms with Gasteiger partial charge in [0.2, 0.25) is 0 Å². The first-order chi connectivity index (χ1) is 9.35. The summed E-state index contributed by atoms with van der Waals surface area (Å²) < 4.78 is 0. The van der Waals surface area contributed by atoms with Crippen molar-refractivity contribution in [3.63, 3.8) is 0 Å². The topological polar surface area (TPSA) is 12.0 Å². The smallest absolute Gasteiger partial charge is 0.0411 e. The molecule has 1 aromatic carbocycles. The van der Waals surface area contributed by atoms with Crippen molar-refractivity contribution in [2.75, 3.05) is 18.1 Å². The Balaban J connectivity index is 2.05. The van der Waals surface area contributed by atoms with Crippen LogP contribution in [-0.4, -0.2) is 18.1 Å². The molecule has 1 aliphatic carbocycles. The fourth-order valence-electron chi connectivity index (χ4n) is 2.60. The number of benzene rings is 1. The van der Waals surface area contributed by atoms with Crippen LogP contribution in [0.5, 0.6) is 0 Å². The van der Waals surface area contributed by atoms with Crippen molar-refractivity contribution in [2.45, 2.75) is 51.5 Å². The summed E-state index contributed by atoms with van der Waals surface area (Å²) in [6.07, 6.45) is 5.40. The zero-order valence-corrected chi connectivity index (χ0v) is 13.1. The lowest BCUT2D eigenvalue weighted by atomic mass is 9.79. The summed E-state index contributed by atoms with van der Waals surface area (Å²) in [5.41, 5.74) is 3.05. The molecular formula is C17H27NS. The van der Waals surface area contributed by atoms with Crippen LogP contribution < -0.4 is 5.32 Å². The maximum absolute atomic E-state index is 3.70. The Kier molecular flexibility index (Phi) is 6.25. The van der Waals surface area contributed by atoms with E-state index < -0.39 is 0 Å². The van der Waals surface area contributed by atoms with Gasteiger partial charge in [-0.05, 0) is 48.6 Å². The number of hydrogen-bond donors (Lipinski definition) is 1. The third-order valence-electron chi connectivity index (χ3n) is 4.02. The van der Waals surface area contributed by atoms with E-state index in [9.17, 15) is 0 Å². The number of rotatable bonds is 8. The predicted molar refractivity (Wildman–Crippen MR) is 87.1 cm³/mol. The maximum Gasteiger partial charge on any atom is 0.0411 e. The molecule has 19 heavy (non-hydrogen) atoms. The molecule has 0 amide bonds. The van der Waals surface area contributed by atoms with Gasteiger partial charge in [0.25, 0.3) is 0 Å². The van der Waals surface area contributed by atoms with E-state index in [1.807, 2.05) is 11.8 Å². The predicted octanol–water partition coefficient (Wildman–Crippen LogP) is 4.75. The van der Waals surface area contributed by atoms with Gasteiger partial charge in [-0.15, -0.1) is 0 Å². The molecule has 1 fully saturated rings. The Morgan fingerprint density at radius 3 is 2.79 bits per heavy atom. The van der Waals surface area contributed by atoms with Crippen molar-refractivity contribution in [3.05, 3.63) is 35.4 Å². The van der Waals surface area contributed by atoms with E-state index >= 15 is 0 Å². The van der Waals surface area contributed by atoms with Gasteiger partial charge in [0.1, 0.15) is 0 Å². The molecule has 0 saturated heterocycles. The number of thioether (sulfide) groups is 1. The minimum Gasteiger partial charge on any atom is -0.309 e. The first-order valence-electron chi connectivity index (χ1n) is 7.76. The summed E-state index contributed by atoms with van der Waals surface area (Å²) in [7, 11) is 0. The fourth-order valence-corrected chi connectivity index (χ4v) is 3.38. The molecule has 0 bridgehead atoms. The van der Waals surface area contributed by atoms with Crippen molar-refractivity contribution < 1.29 is 0 Å². The Bertz CT molecular complexity index is 365. The highest BCUT2D eigenvalue weighted by Crippen LogP contribution is 2.37. The van der Waals surface area contributed by atoms with Gasteiger partial charge >= 0.3 is 0 Å². The van der Waals surface area contributed by atoms with Gasteiger partial charge in [-0.25, -0.2) is 0 Å². The normalized spacial score (nSPS) is 17.2. The molecule has 0 aromatic heterocycles. The third-order valence-corrected chi connectivity index (χ3v) is 5.00. The summed E-state index contributed by atoms with van der Waals surface area (Å²) in [4.78, 5) is 0. The largest absolute Gasteiger partial charge is 0.309 e. The summed E-state index contributed by atoms with van der Waals surface area (Å²) >= 11 is 2.03. The quantitative estimate of drug-likeness (QED) is 0.736. The van der Waals surface area contributed by atoms with Crippen LogP contribution in [0.25, 0.3) is 0 Å². The van der Waals surface area contributed by atoms with Crippen molar-refractivity contribution >= 4 is 11.8 Å². The lowest BCUT2D eigenvalue weighted by molar-refractivity contribution is 0.419. The van der Waals surface area contributed by atoms with E-state index in [2.05, 4.69) is 43.4 Å². The van der Waals surface area contributed by atoms with Crippen LogP contribution in [-0.2, 0) is 0 Å². The second-order valence-corrected chi connectivity index (χ2v) is 6.78. The molecule has 1 unspecified atom stereocenters. The molecule has 1 aliphatic rings. The van der Waals surface area contributed by atoms with Crippen molar-refractivity contribution in [1.82, 2.24) is 5.32 Å². The Labute approximate surface area is 122 Å². The molecule has 0 heterocycles. The van der Waals surface area contributed by atoms with Gasteiger partial charge < -0.3 is 5.32 Å². The maximum atomic E-state index is 3.70. The minimum atomic E-state index is 0.518. The standard InChI is InChI=1S/C17H27NS/c1-3-11-18-17(13-19-4-2)16-10-6-9-15(12-16)14-7-5-8-14/h6,9-10,12,14,17-18H,3-5,7-8,11,13H2,1-2H3. The molecule has 2 rings (SSSR count). The highest BCUT2D eigenvalue weighted by atomic mass is 32.2. The van der Waals surface area contributed by atoms with Crippen LogP contribution in [0.4, 0.5) is 0 Å². The van der Waals surface area contributed by atoms with Crippen LogP contribution in [0, 0.1) is 0 Å². The second kappa shape index (κ2) is 7.96. The Hall–Kier alpha value is -0.470. The van der Waals surface area contributed by atoms with E-state index in [0.717, 1.165) is 12.5 Å². The number of hydrogen-bond acceptors (Lipinski definition) is 2. The zero-order valence-electron chi connectivity index (χ0n) is 12.3. The van der Waals surface area contributed by atoms with Crippen LogP contribution in [0.2, 0.25) is 0 Å². The molecule has 0 spiro atoms. The molecule has 1 nitrogen and oxygen atoms in total. The first-order valence-corrected chi connectivity index (χ1v) is 8.91. The van der Waals surface area contributed by atoms with Crippen molar-refractivity contribution in [3.8, 4) is 0 Å². The zero-order chi connectivity index (χ0) is 13.5. The summed E-state index contributed by atoms with van der Waals surface area (Å²) in [6, 6.07) is 9.83. The van der Waals surface area contributed by atoms with E-state index in [1.165, 1.54) is 42.8 Å². The molecule has 2 heteroatoms. The summed E-state index contributed by atoms with van der Waals surface area (Å²) in [5, 5.41) is 3.70. The van der Waals surface area contributed by atoms with Gasteiger partial charge in [-0.1, -0.05) is 44.5 Å². The Morgan fingerprint density at radius 2 is 2.16 bits per heavy atom. The van der Waals surface area contributed by atoms with E-state index in [4.69, 9.17) is 0 Å². The van der Waals surface area contributed by atoms with Gasteiger partial charge in [-0.3, -0.25) is 0 Å². The summed E-state index contributed by atoms with van der Waals surface area (Å²) in [5.74, 6) is 3.22. The van der Waals surface area contributed by atoms with Gasteiger partial charge in [0.05, 0.1) is 0 Å². The SMILES string of the molecule is CCCNC(CSCC)c1cccc(C2CCC2)c1. The van der Waals surface area contributed by atoms with E-state index in [-0.39, 0.29) is 0 Å². The molecule has 1 atom stereocenters. The van der Waals surface area contributed by atoms with E-state index in [0.29, 0.717) is 6.04 Å². The lowest BCUT2D eigenvalue weighted by Gasteiger charge is -2.27. The van der Waals surface area contributed by atoms with Gasteiger partial charge in [0.15, 0.2) is 0 Å². The van der Waals surface area contributed by atoms with Gasteiger partial charge in [0, 0.05) is 11.8 Å². The summed E-state index contributed by atoms with van der Waals surface area (Å²) in [6.45, 7) is 5.59. The average Bonchev–Trinajstić information content (AvgIpc) is 2.37. The van der Waals surface area contributed by atoms with Crippen LogP contribution in [0.15, 0.2) is 24.3 Å². The minimum absolute atomic E-state index is 0.518. The van der Waals surface area contributed by atoms with Crippen molar-refractivity contribution in [1.29, 1.82) is 0 Å². The molecule has 0 aliphatic heterocycles. The van der Waals surface area contributed by atoms with Crippen LogP contribution in [0.1, 0.15) is 62.6 Å². The molecular weight excluding hydrogens is 250 g/mol. The highest BCUT2D eigenvalue weighted by molar-refractivity contribution is 7.99. The second-order valence-electron chi connectivity index (χ2n) is 5.46. The van der Waals surface area contributed by atoms with Crippen LogP contribution in [0.3, 0.4) is 0 Å². The molecule has 106 valence electrons. The highest BCUT2D eigenvalue weighted by Gasteiger charge is 2.20. The Morgan fingerprint density at radius 1 is 1.32 bits per heavy atom. The fraction of sp³-hybridized carbons (Fsp3) is 0.647. The lowest BCUT2D eigenvalue weighted by Crippen LogP contribution is -2.24. The molecule has 0 radical (unpaired) electrons. The first kappa shape index (κ1) is 14.9. The van der Waals surface area contributed by atoms with Gasteiger partial charge in [-0.2, -0.15) is 11.8 Å². The molecule has 1 saturated carbocycles.